The topological polar surface area (TPSA) is 51.8 Å². The van der Waals surface area contributed by atoms with Crippen LogP contribution in [0.15, 0.2) is 22.7 Å². The predicted molar refractivity (Wildman–Crippen MR) is 75.4 cm³/mol. The summed E-state index contributed by atoms with van der Waals surface area (Å²) in [5.74, 6) is 0. The van der Waals surface area contributed by atoms with Gasteiger partial charge in [0, 0.05) is 16.5 Å². The first-order chi connectivity index (χ1) is 8.20. The Bertz CT molecular complexity index is 515. The molecule has 6 heteroatoms. The molecule has 0 atom stereocenters. The summed E-state index contributed by atoms with van der Waals surface area (Å²) in [6.45, 7) is 0.682. The summed E-state index contributed by atoms with van der Waals surface area (Å²) in [4.78, 5) is 0. The molecule has 0 aliphatic rings. The van der Waals surface area contributed by atoms with Gasteiger partial charge in [-0.25, -0.2) is 0 Å². The standard InChI is InChI=1S/C11H11BrClN3S/c12-8-6-7(3-4-9(8)13)11-16-15-10(17-11)2-1-5-14/h3-4,6H,1-2,5,14H2. The summed E-state index contributed by atoms with van der Waals surface area (Å²) in [6, 6.07) is 5.75. The van der Waals surface area contributed by atoms with Crippen molar-refractivity contribution < 1.29 is 0 Å². The lowest BCUT2D eigenvalue weighted by atomic mass is 10.2. The lowest BCUT2D eigenvalue weighted by Crippen LogP contribution is -1.99. The molecule has 1 aromatic heterocycles. The van der Waals surface area contributed by atoms with Crippen molar-refractivity contribution in [2.45, 2.75) is 12.8 Å². The van der Waals surface area contributed by atoms with E-state index in [1.807, 2.05) is 18.2 Å². The minimum absolute atomic E-state index is 0.682. The molecular weight excluding hydrogens is 322 g/mol. The maximum atomic E-state index is 5.95. The van der Waals surface area contributed by atoms with Gasteiger partial charge in [-0.05, 0) is 41.0 Å². The van der Waals surface area contributed by atoms with Crippen molar-refractivity contribution in [2.24, 2.45) is 5.73 Å². The number of aromatic nitrogens is 2. The number of hydrogen-bond acceptors (Lipinski definition) is 4. The van der Waals surface area contributed by atoms with E-state index in [2.05, 4.69) is 26.1 Å². The fraction of sp³-hybridized carbons (Fsp3) is 0.273. The van der Waals surface area contributed by atoms with E-state index in [1.165, 1.54) is 0 Å². The second-order valence-electron chi connectivity index (χ2n) is 3.52. The van der Waals surface area contributed by atoms with Crippen molar-refractivity contribution in [3.05, 3.63) is 32.7 Å². The van der Waals surface area contributed by atoms with E-state index in [0.29, 0.717) is 11.6 Å². The minimum atomic E-state index is 0.682. The lowest BCUT2D eigenvalue weighted by molar-refractivity contribution is 0.812. The Hall–Kier alpha value is -0.490. The normalized spacial score (nSPS) is 10.8. The summed E-state index contributed by atoms with van der Waals surface area (Å²) >= 11 is 10.9. The van der Waals surface area contributed by atoms with E-state index in [9.17, 15) is 0 Å². The average molecular weight is 333 g/mol. The molecule has 0 fully saturated rings. The molecule has 1 aromatic carbocycles. The van der Waals surface area contributed by atoms with Crippen molar-refractivity contribution in [1.29, 1.82) is 0 Å². The van der Waals surface area contributed by atoms with Crippen LogP contribution in [0.4, 0.5) is 0 Å². The van der Waals surface area contributed by atoms with Crippen molar-refractivity contribution >= 4 is 38.9 Å². The number of rotatable bonds is 4. The van der Waals surface area contributed by atoms with Crippen LogP contribution in [0.5, 0.6) is 0 Å². The molecule has 0 aliphatic carbocycles. The minimum Gasteiger partial charge on any atom is -0.330 e. The Balaban J connectivity index is 2.21. The van der Waals surface area contributed by atoms with Gasteiger partial charge in [-0.2, -0.15) is 0 Å². The molecule has 90 valence electrons. The number of nitrogens with two attached hydrogens (primary N) is 1. The Labute approximate surface area is 117 Å². The van der Waals surface area contributed by atoms with Crippen LogP contribution >= 0.6 is 38.9 Å². The van der Waals surface area contributed by atoms with E-state index in [4.69, 9.17) is 17.3 Å². The Morgan fingerprint density at radius 3 is 2.88 bits per heavy atom. The van der Waals surface area contributed by atoms with Gasteiger partial charge in [-0.3, -0.25) is 0 Å². The molecule has 0 unspecified atom stereocenters. The number of hydrogen-bond donors (Lipinski definition) is 1. The first-order valence-electron chi connectivity index (χ1n) is 5.18. The van der Waals surface area contributed by atoms with E-state index >= 15 is 0 Å². The third kappa shape index (κ3) is 3.25. The fourth-order valence-corrected chi connectivity index (χ4v) is 2.73. The zero-order valence-corrected chi connectivity index (χ0v) is 12.1. The molecule has 3 nitrogen and oxygen atoms in total. The predicted octanol–water partition coefficient (Wildman–Crippen LogP) is 3.51. The molecule has 0 spiro atoms. The molecule has 0 saturated heterocycles. The van der Waals surface area contributed by atoms with Gasteiger partial charge in [-0.15, -0.1) is 10.2 Å². The molecule has 17 heavy (non-hydrogen) atoms. The second kappa shape index (κ2) is 5.91. The van der Waals surface area contributed by atoms with Crippen LogP contribution in [-0.2, 0) is 6.42 Å². The highest BCUT2D eigenvalue weighted by molar-refractivity contribution is 9.10. The fourth-order valence-electron chi connectivity index (χ4n) is 1.35. The van der Waals surface area contributed by atoms with Gasteiger partial charge in [0.25, 0.3) is 0 Å². The van der Waals surface area contributed by atoms with Crippen LogP contribution in [0.25, 0.3) is 10.6 Å². The molecule has 0 aliphatic heterocycles. The zero-order valence-electron chi connectivity index (χ0n) is 8.99. The van der Waals surface area contributed by atoms with Crippen molar-refractivity contribution in [3.63, 3.8) is 0 Å². The Morgan fingerprint density at radius 1 is 1.35 bits per heavy atom. The summed E-state index contributed by atoms with van der Waals surface area (Å²) in [5, 5.41) is 11.0. The van der Waals surface area contributed by atoms with E-state index in [-0.39, 0.29) is 0 Å². The van der Waals surface area contributed by atoms with Crippen LogP contribution in [0.3, 0.4) is 0 Å². The second-order valence-corrected chi connectivity index (χ2v) is 5.85. The lowest BCUT2D eigenvalue weighted by Gasteiger charge is -1.98. The van der Waals surface area contributed by atoms with Crippen LogP contribution in [0.1, 0.15) is 11.4 Å². The van der Waals surface area contributed by atoms with Crippen molar-refractivity contribution in [1.82, 2.24) is 10.2 Å². The third-order valence-electron chi connectivity index (χ3n) is 2.23. The molecule has 0 amide bonds. The first-order valence-corrected chi connectivity index (χ1v) is 7.17. The highest BCUT2D eigenvalue weighted by atomic mass is 79.9. The van der Waals surface area contributed by atoms with Crippen LogP contribution in [0.2, 0.25) is 5.02 Å². The summed E-state index contributed by atoms with van der Waals surface area (Å²) < 4.78 is 0.871. The van der Waals surface area contributed by atoms with Gasteiger partial charge in [0.15, 0.2) is 0 Å². The number of benzene rings is 1. The quantitative estimate of drug-likeness (QED) is 0.932. The summed E-state index contributed by atoms with van der Waals surface area (Å²) in [6.07, 6.45) is 1.84. The van der Waals surface area contributed by atoms with Crippen LogP contribution < -0.4 is 5.73 Å². The van der Waals surface area contributed by atoms with Gasteiger partial charge in [0.2, 0.25) is 0 Å². The summed E-state index contributed by atoms with van der Waals surface area (Å²) in [7, 11) is 0. The molecular formula is C11H11BrClN3S. The average Bonchev–Trinajstić information content (AvgIpc) is 2.79. The zero-order chi connectivity index (χ0) is 12.3. The Morgan fingerprint density at radius 2 is 2.18 bits per heavy atom. The number of halogens is 2. The molecule has 0 radical (unpaired) electrons. The van der Waals surface area contributed by atoms with Gasteiger partial charge >= 0.3 is 0 Å². The number of nitrogens with zero attached hydrogens (tertiary/aromatic N) is 2. The maximum absolute atomic E-state index is 5.95. The van der Waals surface area contributed by atoms with Gasteiger partial charge in [0.1, 0.15) is 10.0 Å². The van der Waals surface area contributed by atoms with Crippen molar-refractivity contribution in [2.75, 3.05) is 6.54 Å². The van der Waals surface area contributed by atoms with Gasteiger partial charge in [0.05, 0.1) is 5.02 Å². The van der Waals surface area contributed by atoms with Crippen LogP contribution in [0, 0.1) is 0 Å². The molecule has 1 heterocycles. The number of aryl methyl sites for hydroxylation is 1. The summed E-state index contributed by atoms with van der Waals surface area (Å²) in [5.41, 5.74) is 6.49. The van der Waals surface area contributed by atoms with Gasteiger partial charge in [-0.1, -0.05) is 29.0 Å². The molecule has 2 N–H and O–H groups in total. The van der Waals surface area contributed by atoms with Crippen LogP contribution in [-0.4, -0.2) is 16.7 Å². The molecule has 0 bridgehead atoms. The third-order valence-corrected chi connectivity index (χ3v) is 4.47. The molecule has 0 saturated carbocycles. The monoisotopic (exact) mass is 331 g/mol. The smallest absolute Gasteiger partial charge is 0.147 e. The largest absolute Gasteiger partial charge is 0.330 e. The van der Waals surface area contributed by atoms with E-state index in [1.54, 1.807) is 11.3 Å². The first kappa shape index (κ1) is 13.0. The van der Waals surface area contributed by atoms with Gasteiger partial charge < -0.3 is 5.73 Å². The van der Waals surface area contributed by atoms with E-state index < -0.39 is 0 Å². The van der Waals surface area contributed by atoms with Crippen molar-refractivity contribution in [3.8, 4) is 10.6 Å². The highest BCUT2D eigenvalue weighted by Gasteiger charge is 2.08. The maximum Gasteiger partial charge on any atom is 0.147 e. The Kier molecular flexibility index (Phi) is 4.50. The van der Waals surface area contributed by atoms with E-state index in [0.717, 1.165) is 32.9 Å². The highest BCUT2D eigenvalue weighted by Crippen LogP contribution is 2.30. The molecule has 2 rings (SSSR count). The SMILES string of the molecule is NCCCc1nnc(-c2ccc(Cl)c(Br)c2)s1. The molecule has 2 aromatic rings.